The number of methoxy groups -OCH3 is 1. The SMILES string of the molecule is C#CCCCNS(=O)(=O)CCOC. The number of hydrogen-bond donors (Lipinski definition) is 1. The molecule has 0 saturated heterocycles. The highest BCUT2D eigenvalue weighted by Gasteiger charge is 2.07. The summed E-state index contributed by atoms with van der Waals surface area (Å²) < 4.78 is 29.3. The van der Waals surface area contributed by atoms with Crippen LogP contribution in [-0.2, 0) is 14.8 Å². The van der Waals surface area contributed by atoms with E-state index in [0.717, 1.165) is 0 Å². The van der Waals surface area contributed by atoms with Gasteiger partial charge in [-0.3, -0.25) is 0 Å². The Morgan fingerprint density at radius 1 is 1.54 bits per heavy atom. The Morgan fingerprint density at radius 2 is 2.23 bits per heavy atom. The van der Waals surface area contributed by atoms with E-state index in [0.29, 0.717) is 19.4 Å². The normalized spacial score (nSPS) is 11.1. The van der Waals surface area contributed by atoms with Gasteiger partial charge in [0.15, 0.2) is 0 Å². The Labute approximate surface area is 79.7 Å². The maximum absolute atomic E-state index is 11.1. The largest absolute Gasteiger partial charge is 0.384 e. The standard InChI is InChI=1S/C8H15NO3S/c1-3-4-5-6-9-13(10,11)8-7-12-2/h1,9H,4-8H2,2H3. The van der Waals surface area contributed by atoms with Crippen LogP contribution in [0.5, 0.6) is 0 Å². The van der Waals surface area contributed by atoms with Crippen LogP contribution < -0.4 is 4.72 Å². The van der Waals surface area contributed by atoms with Gasteiger partial charge >= 0.3 is 0 Å². The van der Waals surface area contributed by atoms with E-state index in [2.05, 4.69) is 15.4 Å². The summed E-state index contributed by atoms with van der Waals surface area (Å²) in [4.78, 5) is 0. The van der Waals surface area contributed by atoms with E-state index in [9.17, 15) is 8.42 Å². The number of nitrogens with one attached hydrogen (secondary N) is 1. The van der Waals surface area contributed by atoms with Crippen molar-refractivity contribution < 1.29 is 13.2 Å². The fourth-order valence-corrected chi connectivity index (χ4v) is 1.67. The number of rotatable bonds is 7. The van der Waals surface area contributed by atoms with Crippen LogP contribution in [0.25, 0.3) is 0 Å². The van der Waals surface area contributed by atoms with E-state index in [1.54, 1.807) is 0 Å². The molecule has 5 heteroatoms. The first-order valence-corrected chi connectivity index (χ1v) is 5.67. The van der Waals surface area contributed by atoms with Crippen molar-refractivity contribution in [3.8, 4) is 12.3 Å². The molecule has 0 atom stereocenters. The molecule has 0 aliphatic rings. The summed E-state index contributed by atoms with van der Waals surface area (Å²) in [6, 6.07) is 0. The number of terminal acetylenes is 1. The molecule has 13 heavy (non-hydrogen) atoms. The summed E-state index contributed by atoms with van der Waals surface area (Å²) in [6.07, 6.45) is 6.27. The van der Waals surface area contributed by atoms with Crippen molar-refractivity contribution in [3.63, 3.8) is 0 Å². The van der Waals surface area contributed by atoms with Crippen LogP contribution in [0.1, 0.15) is 12.8 Å². The molecule has 0 aliphatic carbocycles. The Balaban J connectivity index is 3.59. The molecular formula is C8H15NO3S. The van der Waals surface area contributed by atoms with E-state index in [4.69, 9.17) is 6.42 Å². The highest BCUT2D eigenvalue weighted by molar-refractivity contribution is 7.89. The topological polar surface area (TPSA) is 55.4 Å². The molecule has 0 aromatic carbocycles. The number of hydrogen-bond acceptors (Lipinski definition) is 3. The fourth-order valence-electron chi connectivity index (χ4n) is 0.683. The van der Waals surface area contributed by atoms with Crippen LogP contribution in [0.15, 0.2) is 0 Å². The second kappa shape index (κ2) is 6.89. The van der Waals surface area contributed by atoms with Gasteiger partial charge in [0.05, 0.1) is 12.4 Å². The summed E-state index contributed by atoms with van der Waals surface area (Å²) in [5, 5.41) is 0. The molecule has 0 bridgehead atoms. The summed E-state index contributed by atoms with van der Waals surface area (Å²) in [5.74, 6) is 2.44. The summed E-state index contributed by atoms with van der Waals surface area (Å²) in [6.45, 7) is 0.612. The number of ether oxygens (including phenoxy) is 1. The molecule has 0 saturated carbocycles. The van der Waals surface area contributed by atoms with E-state index >= 15 is 0 Å². The lowest BCUT2D eigenvalue weighted by molar-refractivity contribution is 0.217. The van der Waals surface area contributed by atoms with Crippen molar-refractivity contribution in [2.75, 3.05) is 26.0 Å². The van der Waals surface area contributed by atoms with Crippen LogP contribution in [0.2, 0.25) is 0 Å². The van der Waals surface area contributed by atoms with E-state index in [1.807, 2.05) is 0 Å². The van der Waals surface area contributed by atoms with Gasteiger partial charge in [-0.15, -0.1) is 12.3 Å². The first kappa shape index (κ1) is 12.4. The van der Waals surface area contributed by atoms with Gasteiger partial charge in [-0.1, -0.05) is 0 Å². The quantitative estimate of drug-likeness (QED) is 0.469. The summed E-state index contributed by atoms with van der Waals surface area (Å²) in [7, 11) is -1.70. The molecule has 1 N–H and O–H groups in total. The molecule has 0 unspecified atom stereocenters. The number of unbranched alkanes of at least 4 members (excludes halogenated alkanes) is 1. The van der Waals surface area contributed by atoms with Gasteiger partial charge in [0.1, 0.15) is 0 Å². The van der Waals surface area contributed by atoms with Crippen molar-refractivity contribution >= 4 is 10.0 Å². The van der Waals surface area contributed by atoms with Gasteiger partial charge in [-0.2, -0.15) is 0 Å². The lowest BCUT2D eigenvalue weighted by Crippen LogP contribution is -2.29. The highest BCUT2D eigenvalue weighted by Crippen LogP contribution is 1.88. The zero-order valence-corrected chi connectivity index (χ0v) is 8.56. The first-order valence-electron chi connectivity index (χ1n) is 4.02. The average molecular weight is 205 g/mol. The zero-order chi connectivity index (χ0) is 10.2. The second-order valence-corrected chi connectivity index (χ2v) is 4.44. The predicted molar refractivity (Wildman–Crippen MR) is 51.7 cm³/mol. The molecule has 4 nitrogen and oxygen atoms in total. The van der Waals surface area contributed by atoms with Crippen LogP contribution >= 0.6 is 0 Å². The smallest absolute Gasteiger partial charge is 0.213 e. The third-order valence-corrected chi connectivity index (χ3v) is 2.72. The second-order valence-electron chi connectivity index (χ2n) is 2.51. The molecule has 76 valence electrons. The number of sulfonamides is 1. The molecule has 0 spiro atoms. The molecule has 0 rings (SSSR count). The third-order valence-electron chi connectivity index (χ3n) is 1.38. The van der Waals surface area contributed by atoms with Crippen molar-refractivity contribution in [1.29, 1.82) is 0 Å². The van der Waals surface area contributed by atoms with Crippen molar-refractivity contribution in [3.05, 3.63) is 0 Å². The van der Waals surface area contributed by atoms with Crippen LogP contribution in [0.3, 0.4) is 0 Å². The molecule has 0 heterocycles. The molecule has 0 aromatic rings. The van der Waals surface area contributed by atoms with Crippen LogP contribution in [0, 0.1) is 12.3 Å². The Kier molecular flexibility index (Phi) is 6.59. The van der Waals surface area contributed by atoms with E-state index in [1.165, 1.54) is 7.11 Å². The minimum atomic E-state index is -3.17. The minimum Gasteiger partial charge on any atom is -0.384 e. The molecule has 0 amide bonds. The fraction of sp³-hybridized carbons (Fsp3) is 0.750. The maximum atomic E-state index is 11.1. The average Bonchev–Trinajstić information content (AvgIpc) is 2.09. The Morgan fingerprint density at radius 3 is 2.77 bits per heavy atom. The van der Waals surface area contributed by atoms with Crippen molar-refractivity contribution in [2.24, 2.45) is 0 Å². The van der Waals surface area contributed by atoms with Crippen molar-refractivity contribution in [1.82, 2.24) is 4.72 Å². The highest BCUT2D eigenvalue weighted by atomic mass is 32.2. The Hall–Kier alpha value is -0.570. The Bertz CT molecular complexity index is 253. The minimum absolute atomic E-state index is 0.000443. The predicted octanol–water partition coefficient (Wildman–Crippen LogP) is -0.0344. The monoisotopic (exact) mass is 205 g/mol. The lowest BCUT2D eigenvalue weighted by Gasteiger charge is -2.04. The molecule has 0 radical (unpaired) electrons. The zero-order valence-electron chi connectivity index (χ0n) is 7.75. The molecule has 0 aliphatic heterocycles. The molecule has 0 aromatic heterocycles. The first-order chi connectivity index (χ1) is 6.12. The van der Waals surface area contributed by atoms with E-state index < -0.39 is 10.0 Å². The van der Waals surface area contributed by atoms with Gasteiger partial charge in [0.2, 0.25) is 10.0 Å². The van der Waals surface area contributed by atoms with Crippen molar-refractivity contribution in [2.45, 2.75) is 12.8 Å². The maximum Gasteiger partial charge on any atom is 0.213 e. The van der Waals surface area contributed by atoms with Crippen LogP contribution in [-0.4, -0.2) is 34.4 Å². The van der Waals surface area contributed by atoms with Gasteiger partial charge in [-0.05, 0) is 6.42 Å². The van der Waals surface area contributed by atoms with Gasteiger partial charge in [0, 0.05) is 20.1 Å². The molecular weight excluding hydrogens is 190 g/mol. The molecule has 0 fully saturated rings. The summed E-state index contributed by atoms with van der Waals surface area (Å²) >= 11 is 0. The van der Waals surface area contributed by atoms with Gasteiger partial charge < -0.3 is 4.74 Å². The lowest BCUT2D eigenvalue weighted by atomic mass is 10.3. The summed E-state index contributed by atoms with van der Waals surface area (Å²) in [5.41, 5.74) is 0. The van der Waals surface area contributed by atoms with Gasteiger partial charge in [-0.25, -0.2) is 13.1 Å². The van der Waals surface area contributed by atoms with E-state index in [-0.39, 0.29) is 12.4 Å². The third kappa shape index (κ3) is 7.78. The van der Waals surface area contributed by atoms with Gasteiger partial charge in [0.25, 0.3) is 0 Å². The van der Waals surface area contributed by atoms with Crippen LogP contribution in [0.4, 0.5) is 0 Å².